The van der Waals surface area contributed by atoms with Crippen LogP contribution in [0.3, 0.4) is 0 Å². The van der Waals surface area contributed by atoms with E-state index in [1.807, 2.05) is 6.07 Å². The lowest BCUT2D eigenvalue weighted by molar-refractivity contribution is 0.0264. The second-order valence-corrected chi connectivity index (χ2v) is 7.54. The van der Waals surface area contributed by atoms with Crippen molar-refractivity contribution in [2.45, 2.75) is 25.5 Å². The van der Waals surface area contributed by atoms with E-state index in [4.69, 9.17) is 13.9 Å². The van der Waals surface area contributed by atoms with E-state index in [9.17, 15) is 8.78 Å². The van der Waals surface area contributed by atoms with Crippen molar-refractivity contribution in [3.8, 4) is 28.2 Å². The van der Waals surface area contributed by atoms with E-state index >= 15 is 0 Å². The smallest absolute Gasteiger partial charge is 0.165 e. The van der Waals surface area contributed by atoms with Gasteiger partial charge in [-0.1, -0.05) is 12.1 Å². The Bertz CT molecular complexity index is 1020. The number of hydrogen-bond donors (Lipinski definition) is 0. The maximum atomic E-state index is 14.8. The van der Waals surface area contributed by atoms with Crippen LogP contribution in [0, 0.1) is 11.6 Å². The number of benzene rings is 2. The van der Waals surface area contributed by atoms with Crippen LogP contribution in [0.2, 0.25) is 0 Å². The quantitative estimate of drug-likeness (QED) is 0.534. The fraction of sp³-hybridized carbons (Fsp3) is 0.333. The highest BCUT2D eigenvalue weighted by molar-refractivity contribution is 5.69. The van der Waals surface area contributed by atoms with Crippen molar-refractivity contribution >= 4 is 0 Å². The minimum Gasteiger partial charge on any atom is -0.494 e. The molecule has 0 N–H and O–H groups in total. The normalized spacial score (nSPS) is 17.3. The Morgan fingerprint density at radius 3 is 2.47 bits per heavy atom. The lowest BCUT2D eigenvalue weighted by atomic mass is 10.0. The molecule has 2 heterocycles. The van der Waals surface area contributed by atoms with E-state index in [-0.39, 0.29) is 11.9 Å². The molecular formula is C24H25F2NO3. The molecule has 6 heteroatoms. The fourth-order valence-electron chi connectivity index (χ4n) is 3.92. The predicted octanol–water partition coefficient (Wildman–Crippen LogP) is 5.51. The Labute approximate surface area is 175 Å². The third kappa shape index (κ3) is 4.40. The molecule has 158 valence electrons. The van der Waals surface area contributed by atoms with Gasteiger partial charge in [0.1, 0.15) is 17.3 Å². The SMILES string of the molecule is COc1ccc(-c2ccc(-c3ccc(CN4CCCC(OC)C4)o3)c(F)c2)cc1F. The summed E-state index contributed by atoms with van der Waals surface area (Å²) in [5.41, 5.74) is 1.55. The van der Waals surface area contributed by atoms with Crippen LogP contribution in [0.5, 0.6) is 5.75 Å². The van der Waals surface area contributed by atoms with Crippen molar-refractivity contribution in [1.82, 2.24) is 4.90 Å². The molecule has 4 rings (SSSR count). The van der Waals surface area contributed by atoms with Gasteiger partial charge in [-0.05, 0) is 66.9 Å². The number of ether oxygens (including phenoxy) is 2. The van der Waals surface area contributed by atoms with Gasteiger partial charge in [-0.3, -0.25) is 4.90 Å². The fourth-order valence-corrected chi connectivity index (χ4v) is 3.92. The van der Waals surface area contributed by atoms with E-state index in [2.05, 4.69) is 4.90 Å². The molecule has 3 aromatic rings. The Morgan fingerprint density at radius 2 is 1.77 bits per heavy atom. The first-order chi connectivity index (χ1) is 14.6. The molecule has 0 aliphatic carbocycles. The van der Waals surface area contributed by atoms with Crippen LogP contribution in [0.15, 0.2) is 52.9 Å². The van der Waals surface area contributed by atoms with Crippen molar-refractivity contribution in [2.24, 2.45) is 0 Å². The zero-order valence-electron chi connectivity index (χ0n) is 17.2. The average Bonchev–Trinajstić information content (AvgIpc) is 3.21. The summed E-state index contributed by atoms with van der Waals surface area (Å²) in [6.45, 7) is 2.54. The molecule has 0 radical (unpaired) electrons. The first-order valence-electron chi connectivity index (χ1n) is 10.0. The lowest BCUT2D eigenvalue weighted by Crippen LogP contribution is -2.38. The summed E-state index contributed by atoms with van der Waals surface area (Å²) in [6, 6.07) is 13.1. The molecule has 30 heavy (non-hydrogen) atoms. The van der Waals surface area contributed by atoms with Crippen LogP contribution in [-0.4, -0.2) is 38.3 Å². The average molecular weight is 413 g/mol. The summed E-state index contributed by atoms with van der Waals surface area (Å²) in [6.07, 6.45) is 2.42. The van der Waals surface area contributed by atoms with Crippen LogP contribution in [-0.2, 0) is 11.3 Å². The number of rotatable bonds is 6. The highest BCUT2D eigenvalue weighted by Gasteiger charge is 2.21. The van der Waals surface area contributed by atoms with Gasteiger partial charge in [-0.2, -0.15) is 0 Å². The number of piperidine rings is 1. The van der Waals surface area contributed by atoms with Crippen molar-refractivity contribution in [2.75, 3.05) is 27.3 Å². The van der Waals surface area contributed by atoms with E-state index < -0.39 is 11.6 Å². The summed E-state index contributed by atoms with van der Waals surface area (Å²) < 4.78 is 45.1. The first kappa shape index (κ1) is 20.6. The highest BCUT2D eigenvalue weighted by Crippen LogP contribution is 2.31. The number of methoxy groups -OCH3 is 2. The molecule has 1 aliphatic heterocycles. The van der Waals surface area contributed by atoms with Gasteiger partial charge in [0.05, 0.1) is 25.3 Å². The number of halogens is 2. The van der Waals surface area contributed by atoms with Gasteiger partial charge in [-0.15, -0.1) is 0 Å². The zero-order chi connectivity index (χ0) is 21.1. The van der Waals surface area contributed by atoms with Gasteiger partial charge >= 0.3 is 0 Å². The third-order valence-electron chi connectivity index (χ3n) is 5.56. The molecule has 1 fully saturated rings. The molecule has 1 atom stereocenters. The van der Waals surface area contributed by atoms with E-state index in [0.29, 0.717) is 29.0 Å². The van der Waals surface area contributed by atoms with Crippen LogP contribution < -0.4 is 4.74 Å². The second kappa shape index (κ2) is 8.98. The van der Waals surface area contributed by atoms with E-state index in [1.54, 1.807) is 31.4 Å². The zero-order valence-corrected chi connectivity index (χ0v) is 17.2. The Kier molecular flexibility index (Phi) is 6.16. The van der Waals surface area contributed by atoms with Crippen LogP contribution in [0.1, 0.15) is 18.6 Å². The minimum absolute atomic E-state index is 0.157. The topological polar surface area (TPSA) is 34.8 Å². The van der Waals surface area contributed by atoms with E-state index in [0.717, 1.165) is 31.7 Å². The maximum Gasteiger partial charge on any atom is 0.165 e. The minimum atomic E-state index is -0.483. The van der Waals surface area contributed by atoms with Gasteiger partial charge in [0.15, 0.2) is 11.6 Å². The van der Waals surface area contributed by atoms with Crippen molar-refractivity contribution in [3.05, 3.63) is 65.9 Å². The van der Waals surface area contributed by atoms with E-state index in [1.165, 1.54) is 25.3 Å². The molecule has 1 aliphatic rings. The van der Waals surface area contributed by atoms with Gasteiger partial charge in [-0.25, -0.2) is 8.78 Å². The van der Waals surface area contributed by atoms with Gasteiger partial charge < -0.3 is 13.9 Å². The van der Waals surface area contributed by atoms with Crippen LogP contribution >= 0.6 is 0 Å². The molecule has 4 nitrogen and oxygen atoms in total. The maximum absolute atomic E-state index is 14.8. The predicted molar refractivity (Wildman–Crippen MR) is 111 cm³/mol. The number of hydrogen-bond acceptors (Lipinski definition) is 4. The molecule has 0 spiro atoms. The molecule has 1 aromatic heterocycles. The number of likely N-dealkylation sites (tertiary alicyclic amines) is 1. The summed E-state index contributed by atoms with van der Waals surface area (Å²) in [5, 5.41) is 0. The van der Waals surface area contributed by atoms with Crippen molar-refractivity contribution < 1.29 is 22.7 Å². The molecule has 0 amide bonds. The Balaban J connectivity index is 1.50. The first-order valence-corrected chi connectivity index (χ1v) is 10.0. The molecule has 0 bridgehead atoms. The highest BCUT2D eigenvalue weighted by atomic mass is 19.1. The Morgan fingerprint density at radius 1 is 1.00 bits per heavy atom. The van der Waals surface area contributed by atoms with Gasteiger partial charge in [0.25, 0.3) is 0 Å². The second-order valence-electron chi connectivity index (χ2n) is 7.54. The van der Waals surface area contributed by atoms with Crippen molar-refractivity contribution in [1.29, 1.82) is 0 Å². The van der Waals surface area contributed by atoms with Gasteiger partial charge in [0, 0.05) is 13.7 Å². The summed E-state index contributed by atoms with van der Waals surface area (Å²) >= 11 is 0. The number of nitrogens with zero attached hydrogens (tertiary/aromatic N) is 1. The number of furan rings is 1. The van der Waals surface area contributed by atoms with Crippen LogP contribution in [0.25, 0.3) is 22.5 Å². The van der Waals surface area contributed by atoms with Crippen molar-refractivity contribution in [3.63, 3.8) is 0 Å². The molecule has 2 aromatic carbocycles. The third-order valence-corrected chi connectivity index (χ3v) is 5.56. The molecule has 1 saturated heterocycles. The summed E-state index contributed by atoms with van der Waals surface area (Å²) in [7, 11) is 3.15. The Hall–Kier alpha value is -2.70. The largest absolute Gasteiger partial charge is 0.494 e. The van der Waals surface area contributed by atoms with Crippen LogP contribution in [0.4, 0.5) is 8.78 Å². The van der Waals surface area contributed by atoms with Gasteiger partial charge in [0.2, 0.25) is 0 Å². The summed E-state index contributed by atoms with van der Waals surface area (Å²) in [5.74, 6) is 0.535. The summed E-state index contributed by atoms with van der Waals surface area (Å²) in [4.78, 5) is 2.29. The lowest BCUT2D eigenvalue weighted by Gasteiger charge is -2.31. The molecule has 1 unspecified atom stereocenters. The monoisotopic (exact) mass is 413 g/mol. The standard InChI is InChI=1S/C24H25F2NO3/c1-28-18-4-3-11-27(14-18)15-19-7-10-23(30-19)20-8-5-16(12-21(20)25)17-6-9-24(29-2)22(26)13-17/h5-10,12-13,18H,3-4,11,14-15H2,1-2H3. The molecule has 0 saturated carbocycles. The molecular weight excluding hydrogens is 388 g/mol.